The van der Waals surface area contributed by atoms with Gasteiger partial charge in [0, 0.05) is 11.1 Å². The molecule has 0 unspecified atom stereocenters. The summed E-state index contributed by atoms with van der Waals surface area (Å²) < 4.78 is 6.12. The lowest BCUT2D eigenvalue weighted by atomic mass is 10.1. The van der Waals surface area contributed by atoms with Gasteiger partial charge in [-0.2, -0.15) is 0 Å². The molecule has 0 bridgehead atoms. The van der Waals surface area contributed by atoms with Crippen LogP contribution >= 0.6 is 15.9 Å². The highest BCUT2D eigenvalue weighted by atomic mass is 79.9. The zero-order chi connectivity index (χ0) is 8.97. The van der Waals surface area contributed by atoms with Gasteiger partial charge < -0.3 is 9.84 Å². The average Bonchev–Trinajstić information content (AvgIpc) is 2.08. The van der Waals surface area contributed by atoms with Crippen molar-refractivity contribution in [2.24, 2.45) is 0 Å². The monoisotopic (exact) mass is 230 g/mol. The van der Waals surface area contributed by atoms with Gasteiger partial charge in [0.2, 0.25) is 0 Å². The fourth-order valence-electron chi connectivity index (χ4n) is 1.05. The van der Waals surface area contributed by atoms with E-state index in [1.165, 1.54) is 0 Å². The summed E-state index contributed by atoms with van der Waals surface area (Å²) in [5.74, 6) is 0.818. The maximum absolute atomic E-state index is 8.74. The Morgan fingerprint density at radius 1 is 1.50 bits per heavy atom. The van der Waals surface area contributed by atoms with Crippen LogP contribution in [-0.4, -0.2) is 18.8 Å². The minimum Gasteiger partial charge on any atom is -0.496 e. The van der Waals surface area contributed by atoms with Gasteiger partial charge in [-0.05, 0) is 24.1 Å². The normalized spacial score (nSPS) is 9.92. The summed E-state index contributed by atoms with van der Waals surface area (Å²) >= 11 is 3.35. The SMILES string of the molecule is COc1cc(Br)ccc1CCO. The van der Waals surface area contributed by atoms with E-state index in [1.54, 1.807) is 7.11 Å². The summed E-state index contributed by atoms with van der Waals surface area (Å²) in [5, 5.41) is 8.74. The maximum Gasteiger partial charge on any atom is 0.123 e. The second-order valence-corrected chi connectivity index (χ2v) is 3.35. The summed E-state index contributed by atoms with van der Waals surface area (Å²) in [6.07, 6.45) is 0.635. The van der Waals surface area contributed by atoms with Gasteiger partial charge in [0.1, 0.15) is 5.75 Å². The molecule has 0 radical (unpaired) electrons. The Bertz CT molecular complexity index is 261. The van der Waals surface area contributed by atoms with E-state index in [4.69, 9.17) is 9.84 Å². The van der Waals surface area contributed by atoms with Gasteiger partial charge >= 0.3 is 0 Å². The lowest BCUT2D eigenvalue weighted by molar-refractivity contribution is 0.296. The van der Waals surface area contributed by atoms with E-state index in [-0.39, 0.29) is 6.61 Å². The maximum atomic E-state index is 8.74. The molecule has 1 aromatic rings. The van der Waals surface area contributed by atoms with Gasteiger partial charge in [-0.25, -0.2) is 0 Å². The average molecular weight is 231 g/mol. The Morgan fingerprint density at radius 2 is 2.25 bits per heavy atom. The third-order valence-corrected chi connectivity index (χ3v) is 2.12. The largest absolute Gasteiger partial charge is 0.496 e. The lowest BCUT2D eigenvalue weighted by Crippen LogP contribution is -1.95. The number of aliphatic hydroxyl groups excluding tert-OH is 1. The number of benzene rings is 1. The molecule has 12 heavy (non-hydrogen) atoms. The van der Waals surface area contributed by atoms with Gasteiger partial charge in [-0.1, -0.05) is 22.0 Å². The van der Waals surface area contributed by atoms with Crippen LogP contribution in [0.25, 0.3) is 0 Å². The third kappa shape index (κ3) is 2.22. The van der Waals surface area contributed by atoms with Crippen LogP contribution in [0.1, 0.15) is 5.56 Å². The first-order valence-corrected chi connectivity index (χ1v) is 4.50. The van der Waals surface area contributed by atoms with E-state index >= 15 is 0 Å². The van der Waals surface area contributed by atoms with Crippen LogP contribution in [-0.2, 0) is 6.42 Å². The first-order valence-electron chi connectivity index (χ1n) is 3.71. The Hall–Kier alpha value is -0.540. The standard InChI is InChI=1S/C9H11BrO2/c1-12-9-6-8(10)3-2-7(9)4-5-11/h2-3,6,11H,4-5H2,1H3. The van der Waals surface area contributed by atoms with Crippen LogP contribution in [0.3, 0.4) is 0 Å². The van der Waals surface area contributed by atoms with Crippen molar-refractivity contribution in [2.45, 2.75) is 6.42 Å². The highest BCUT2D eigenvalue weighted by Gasteiger charge is 2.01. The molecule has 0 saturated carbocycles. The predicted octanol–water partition coefficient (Wildman–Crippen LogP) is 1.99. The molecule has 0 amide bonds. The molecule has 3 heteroatoms. The number of rotatable bonds is 3. The van der Waals surface area contributed by atoms with Crippen molar-refractivity contribution in [1.82, 2.24) is 0 Å². The molecular formula is C9H11BrO2. The predicted molar refractivity (Wildman–Crippen MR) is 51.5 cm³/mol. The van der Waals surface area contributed by atoms with Crippen LogP contribution in [0, 0.1) is 0 Å². The van der Waals surface area contributed by atoms with E-state index in [0.717, 1.165) is 15.8 Å². The molecule has 66 valence electrons. The van der Waals surface area contributed by atoms with E-state index < -0.39 is 0 Å². The molecule has 1 rings (SSSR count). The molecule has 1 N–H and O–H groups in total. The second-order valence-electron chi connectivity index (χ2n) is 2.43. The molecule has 0 aromatic heterocycles. The highest BCUT2D eigenvalue weighted by molar-refractivity contribution is 9.10. The number of methoxy groups -OCH3 is 1. The first kappa shape index (κ1) is 9.55. The molecule has 0 saturated heterocycles. The molecule has 0 spiro atoms. The molecule has 0 aliphatic heterocycles. The number of aliphatic hydroxyl groups is 1. The van der Waals surface area contributed by atoms with Gasteiger partial charge in [-0.3, -0.25) is 0 Å². The minimum absolute atomic E-state index is 0.151. The summed E-state index contributed by atoms with van der Waals surface area (Å²) in [6.45, 7) is 0.151. The van der Waals surface area contributed by atoms with Crippen molar-refractivity contribution in [2.75, 3.05) is 13.7 Å². The number of hydrogen-bond donors (Lipinski definition) is 1. The first-order chi connectivity index (χ1) is 5.77. The molecular weight excluding hydrogens is 220 g/mol. The summed E-state index contributed by atoms with van der Waals surface area (Å²) in [6, 6.07) is 5.78. The number of halogens is 1. The zero-order valence-electron chi connectivity index (χ0n) is 6.88. The van der Waals surface area contributed by atoms with E-state index in [2.05, 4.69) is 15.9 Å². The fourth-order valence-corrected chi connectivity index (χ4v) is 1.39. The minimum atomic E-state index is 0.151. The third-order valence-electron chi connectivity index (χ3n) is 1.63. The van der Waals surface area contributed by atoms with Gasteiger partial charge in [0.05, 0.1) is 7.11 Å². The van der Waals surface area contributed by atoms with Crippen LogP contribution in [0.5, 0.6) is 5.75 Å². The van der Waals surface area contributed by atoms with E-state index in [1.807, 2.05) is 18.2 Å². The number of ether oxygens (including phenoxy) is 1. The molecule has 0 aliphatic rings. The summed E-state index contributed by atoms with van der Waals surface area (Å²) in [7, 11) is 1.63. The molecule has 0 atom stereocenters. The quantitative estimate of drug-likeness (QED) is 0.861. The van der Waals surface area contributed by atoms with Crippen LogP contribution in [0.4, 0.5) is 0 Å². The lowest BCUT2D eigenvalue weighted by Gasteiger charge is -2.06. The highest BCUT2D eigenvalue weighted by Crippen LogP contribution is 2.23. The molecule has 0 heterocycles. The number of hydrogen-bond acceptors (Lipinski definition) is 2. The van der Waals surface area contributed by atoms with E-state index in [0.29, 0.717) is 6.42 Å². The Labute approximate surface area is 80.3 Å². The van der Waals surface area contributed by atoms with Crippen molar-refractivity contribution >= 4 is 15.9 Å². The van der Waals surface area contributed by atoms with Crippen LogP contribution in [0.2, 0.25) is 0 Å². The Kier molecular flexibility index (Phi) is 3.56. The molecule has 2 nitrogen and oxygen atoms in total. The van der Waals surface area contributed by atoms with Crippen molar-refractivity contribution < 1.29 is 9.84 Å². The Balaban J connectivity index is 2.94. The van der Waals surface area contributed by atoms with Crippen LogP contribution in [0.15, 0.2) is 22.7 Å². The Morgan fingerprint density at radius 3 is 2.83 bits per heavy atom. The van der Waals surface area contributed by atoms with Crippen molar-refractivity contribution in [1.29, 1.82) is 0 Å². The molecule has 0 aliphatic carbocycles. The summed E-state index contributed by atoms with van der Waals surface area (Å²) in [5.41, 5.74) is 1.03. The smallest absolute Gasteiger partial charge is 0.123 e. The molecule has 1 aromatic carbocycles. The van der Waals surface area contributed by atoms with Crippen LogP contribution < -0.4 is 4.74 Å². The van der Waals surface area contributed by atoms with Crippen molar-refractivity contribution in [3.05, 3.63) is 28.2 Å². The summed E-state index contributed by atoms with van der Waals surface area (Å²) in [4.78, 5) is 0. The topological polar surface area (TPSA) is 29.5 Å². The van der Waals surface area contributed by atoms with Crippen molar-refractivity contribution in [3.63, 3.8) is 0 Å². The van der Waals surface area contributed by atoms with Gasteiger partial charge in [0.25, 0.3) is 0 Å². The van der Waals surface area contributed by atoms with Gasteiger partial charge in [-0.15, -0.1) is 0 Å². The van der Waals surface area contributed by atoms with E-state index in [9.17, 15) is 0 Å². The second kappa shape index (κ2) is 4.48. The zero-order valence-corrected chi connectivity index (χ0v) is 8.47. The fraction of sp³-hybridized carbons (Fsp3) is 0.333. The van der Waals surface area contributed by atoms with Gasteiger partial charge in [0.15, 0.2) is 0 Å². The van der Waals surface area contributed by atoms with Crippen molar-refractivity contribution in [3.8, 4) is 5.75 Å². The molecule has 0 fully saturated rings.